The van der Waals surface area contributed by atoms with Gasteiger partial charge in [0.2, 0.25) is 5.91 Å². The smallest absolute Gasteiger partial charge is 0.235 e. The second-order valence-electron chi connectivity index (χ2n) is 7.34. The third-order valence-corrected chi connectivity index (χ3v) is 5.59. The van der Waals surface area contributed by atoms with Crippen LogP contribution in [0.4, 0.5) is 5.13 Å². The quantitative estimate of drug-likeness (QED) is 0.545. The van der Waals surface area contributed by atoms with E-state index in [2.05, 4.69) is 43.1 Å². The average Bonchev–Trinajstić information content (AvgIpc) is 3.17. The molecule has 0 spiro atoms. The lowest BCUT2D eigenvalue weighted by atomic mass is 9.96. The van der Waals surface area contributed by atoms with Crippen molar-refractivity contribution in [3.8, 4) is 11.3 Å². The molecule has 2 aromatic carbocycles. The van der Waals surface area contributed by atoms with E-state index in [1.54, 1.807) is 11.9 Å². The fourth-order valence-corrected chi connectivity index (χ4v) is 3.91. The standard InChI is InChI=1S/C23H26N2OS/c1-16(2)14-18-10-12-19(13-11-18)17(3)22(26)25(4)23-24-21(15-27-23)20-8-6-5-7-9-20/h5-13,15-17H,14H2,1-4H3. The van der Waals surface area contributed by atoms with E-state index < -0.39 is 0 Å². The molecule has 0 fully saturated rings. The molecular weight excluding hydrogens is 352 g/mol. The van der Waals surface area contributed by atoms with Gasteiger partial charge in [-0.05, 0) is 30.4 Å². The lowest BCUT2D eigenvalue weighted by Crippen LogP contribution is -2.30. The SMILES string of the molecule is CC(C)Cc1ccc(C(C)C(=O)N(C)c2nc(-c3ccccc3)cs2)cc1. The Morgan fingerprint density at radius 3 is 2.33 bits per heavy atom. The molecule has 0 radical (unpaired) electrons. The number of carbonyl (C=O) groups is 1. The van der Waals surface area contributed by atoms with E-state index >= 15 is 0 Å². The third-order valence-electron chi connectivity index (χ3n) is 4.67. The Morgan fingerprint density at radius 2 is 1.70 bits per heavy atom. The Bertz CT molecular complexity index is 884. The first-order valence-electron chi connectivity index (χ1n) is 9.33. The van der Waals surface area contributed by atoms with Gasteiger partial charge in [0, 0.05) is 18.0 Å². The number of anilines is 1. The van der Waals surface area contributed by atoms with E-state index in [0.717, 1.165) is 28.4 Å². The lowest BCUT2D eigenvalue weighted by molar-refractivity contribution is -0.119. The van der Waals surface area contributed by atoms with Crippen LogP contribution in [-0.4, -0.2) is 17.9 Å². The van der Waals surface area contributed by atoms with Crippen molar-refractivity contribution < 1.29 is 4.79 Å². The largest absolute Gasteiger partial charge is 0.291 e. The second kappa shape index (κ2) is 8.49. The maximum absolute atomic E-state index is 12.9. The molecule has 4 heteroatoms. The lowest BCUT2D eigenvalue weighted by Gasteiger charge is -2.19. The number of rotatable bonds is 6. The highest BCUT2D eigenvalue weighted by molar-refractivity contribution is 7.14. The number of carbonyl (C=O) groups excluding carboxylic acids is 1. The zero-order valence-corrected chi connectivity index (χ0v) is 17.2. The fraction of sp³-hybridized carbons (Fsp3) is 0.304. The van der Waals surface area contributed by atoms with Gasteiger partial charge in [-0.15, -0.1) is 11.3 Å². The van der Waals surface area contributed by atoms with Crippen LogP contribution < -0.4 is 4.90 Å². The number of likely N-dealkylation sites (N-methyl/N-ethyl adjacent to an activating group) is 1. The number of nitrogens with zero attached hydrogens (tertiary/aromatic N) is 2. The molecule has 0 saturated carbocycles. The zero-order chi connectivity index (χ0) is 19.4. The Morgan fingerprint density at radius 1 is 1.04 bits per heavy atom. The molecule has 1 aromatic heterocycles. The van der Waals surface area contributed by atoms with Crippen molar-refractivity contribution in [3.63, 3.8) is 0 Å². The highest BCUT2D eigenvalue weighted by Crippen LogP contribution is 2.29. The molecule has 3 nitrogen and oxygen atoms in total. The van der Waals surface area contributed by atoms with Gasteiger partial charge in [0.25, 0.3) is 0 Å². The molecule has 1 unspecified atom stereocenters. The maximum atomic E-state index is 12.9. The van der Waals surface area contributed by atoms with E-state index in [1.807, 2.05) is 42.6 Å². The van der Waals surface area contributed by atoms with Gasteiger partial charge in [-0.3, -0.25) is 9.69 Å². The van der Waals surface area contributed by atoms with E-state index in [4.69, 9.17) is 0 Å². The first kappa shape index (κ1) is 19.3. The molecule has 27 heavy (non-hydrogen) atoms. The molecule has 3 rings (SSSR count). The van der Waals surface area contributed by atoms with Crippen molar-refractivity contribution in [2.24, 2.45) is 5.92 Å². The summed E-state index contributed by atoms with van der Waals surface area (Å²) in [5.74, 6) is 0.484. The fourth-order valence-electron chi connectivity index (χ4n) is 3.10. The van der Waals surface area contributed by atoms with Crippen molar-refractivity contribution >= 4 is 22.4 Å². The summed E-state index contributed by atoms with van der Waals surface area (Å²) >= 11 is 1.50. The monoisotopic (exact) mass is 378 g/mol. The van der Waals surface area contributed by atoms with Crippen molar-refractivity contribution in [3.05, 3.63) is 71.1 Å². The van der Waals surface area contributed by atoms with Crippen molar-refractivity contribution in [2.45, 2.75) is 33.1 Å². The van der Waals surface area contributed by atoms with Crippen LogP contribution in [0.1, 0.15) is 37.8 Å². The molecular formula is C23H26N2OS. The van der Waals surface area contributed by atoms with Crippen LogP contribution in [0.25, 0.3) is 11.3 Å². The maximum Gasteiger partial charge on any atom is 0.235 e. The minimum Gasteiger partial charge on any atom is -0.291 e. The Balaban J connectivity index is 1.72. The predicted molar refractivity (Wildman–Crippen MR) is 114 cm³/mol. The van der Waals surface area contributed by atoms with Gasteiger partial charge in [0.1, 0.15) is 0 Å². The Labute approximate surface area is 165 Å². The summed E-state index contributed by atoms with van der Waals surface area (Å²) in [5, 5.41) is 2.72. The van der Waals surface area contributed by atoms with Gasteiger partial charge >= 0.3 is 0 Å². The van der Waals surface area contributed by atoms with Crippen molar-refractivity contribution in [2.75, 3.05) is 11.9 Å². The van der Waals surface area contributed by atoms with Crippen LogP contribution in [0.15, 0.2) is 60.0 Å². The first-order valence-corrected chi connectivity index (χ1v) is 10.2. The summed E-state index contributed by atoms with van der Waals surface area (Å²) in [6, 6.07) is 18.5. The molecule has 0 bridgehead atoms. The molecule has 0 aliphatic carbocycles. The number of thiazole rings is 1. The van der Waals surface area contributed by atoms with E-state index in [9.17, 15) is 4.79 Å². The van der Waals surface area contributed by atoms with Gasteiger partial charge in [-0.25, -0.2) is 4.98 Å². The van der Waals surface area contributed by atoms with E-state index in [0.29, 0.717) is 5.92 Å². The normalized spacial score (nSPS) is 12.2. The van der Waals surface area contributed by atoms with Gasteiger partial charge in [0.05, 0.1) is 11.6 Å². The molecule has 3 aromatic rings. The minimum atomic E-state index is -0.202. The van der Waals surface area contributed by atoms with Crippen LogP contribution in [0.2, 0.25) is 0 Å². The van der Waals surface area contributed by atoms with Crippen LogP contribution in [-0.2, 0) is 11.2 Å². The average molecular weight is 379 g/mol. The van der Waals surface area contributed by atoms with Gasteiger partial charge in [-0.1, -0.05) is 68.4 Å². The predicted octanol–water partition coefficient (Wildman–Crippen LogP) is 5.78. The van der Waals surface area contributed by atoms with Crippen LogP contribution in [0.3, 0.4) is 0 Å². The van der Waals surface area contributed by atoms with Gasteiger partial charge in [-0.2, -0.15) is 0 Å². The third kappa shape index (κ3) is 4.64. The Hall–Kier alpha value is -2.46. The summed E-state index contributed by atoms with van der Waals surface area (Å²) in [6.07, 6.45) is 1.06. The molecule has 0 aliphatic rings. The highest BCUT2D eigenvalue weighted by atomic mass is 32.1. The van der Waals surface area contributed by atoms with Crippen LogP contribution in [0, 0.1) is 5.92 Å². The van der Waals surface area contributed by atoms with Gasteiger partial charge in [0.15, 0.2) is 5.13 Å². The molecule has 140 valence electrons. The molecule has 1 heterocycles. The molecule has 0 saturated heterocycles. The van der Waals surface area contributed by atoms with E-state index in [-0.39, 0.29) is 11.8 Å². The molecule has 1 atom stereocenters. The zero-order valence-electron chi connectivity index (χ0n) is 16.3. The van der Waals surface area contributed by atoms with Crippen LogP contribution in [0.5, 0.6) is 0 Å². The summed E-state index contributed by atoms with van der Waals surface area (Å²) in [4.78, 5) is 19.3. The number of hydrogen-bond donors (Lipinski definition) is 0. The Kier molecular flexibility index (Phi) is 6.07. The molecule has 0 aliphatic heterocycles. The van der Waals surface area contributed by atoms with Crippen molar-refractivity contribution in [1.29, 1.82) is 0 Å². The van der Waals surface area contributed by atoms with Crippen molar-refractivity contribution in [1.82, 2.24) is 4.98 Å². The summed E-state index contributed by atoms with van der Waals surface area (Å²) in [6.45, 7) is 6.39. The minimum absolute atomic E-state index is 0.0561. The number of amides is 1. The van der Waals surface area contributed by atoms with E-state index in [1.165, 1.54) is 16.9 Å². The summed E-state index contributed by atoms with van der Waals surface area (Å²) < 4.78 is 0. The second-order valence-corrected chi connectivity index (χ2v) is 8.18. The highest BCUT2D eigenvalue weighted by Gasteiger charge is 2.22. The number of benzene rings is 2. The number of hydrogen-bond acceptors (Lipinski definition) is 3. The van der Waals surface area contributed by atoms with Gasteiger partial charge < -0.3 is 0 Å². The number of aromatic nitrogens is 1. The topological polar surface area (TPSA) is 33.2 Å². The first-order chi connectivity index (χ1) is 13.0. The summed E-state index contributed by atoms with van der Waals surface area (Å²) in [7, 11) is 1.81. The molecule has 1 amide bonds. The van der Waals surface area contributed by atoms with Crippen LogP contribution >= 0.6 is 11.3 Å². The molecule has 0 N–H and O–H groups in total. The summed E-state index contributed by atoms with van der Waals surface area (Å²) in [5.41, 5.74) is 4.32.